The summed E-state index contributed by atoms with van der Waals surface area (Å²) in [5, 5.41) is 2.87. The van der Waals surface area contributed by atoms with Gasteiger partial charge in [-0.1, -0.05) is 55.6 Å². The van der Waals surface area contributed by atoms with E-state index in [-0.39, 0.29) is 5.91 Å². The molecule has 1 fully saturated rings. The van der Waals surface area contributed by atoms with Crippen LogP contribution in [-0.4, -0.2) is 29.0 Å². The summed E-state index contributed by atoms with van der Waals surface area (Å²) in [4.78, 5) is 13.1. The summed E-state index contributed by atoms with van der Waals surface area (Å²) in [7, 11) is 0. The number of quaternary nitrogens is 1. The van der Waals surface area contributed by atoms with E-state index in [4.69, 9.17) is 34.8 Å². The molecule has 1 atom stereocenters. The van der Waals surface area contributed by atoms with E-state index in [9.17, 15) is 4.79 Å². The predicted octanol–water partition coefficient (Wildman–Crippen LogP) is 1.52. The lowest BCUT2D eigenvalue weighted by molar-refractivity contribution is -0.915. The third-order valence-corrected chi connectivity index (χ3v) is 3.59. The lowest BCUT2D eigenvalue weighted by atomic mass is 9.95. The van der Waals surface area contributed by atoms with Crippen molar-refractivity contribution in [3.63, 3.8) is 0 Å². The summed E-state index contributed by atoms with van der Waals surface area (Å²) in [6, 6.07) is 0. The Bertz CT molecular complexity index is 277. The van der Waals surface area contributed by atoms with Gasteiger partial charge in [0.15, 0.2) is 0 Å². The maximum atomic E-state index is 12.0. The van der Waals surface area contributed by atoms with E-state index < -0.39 is 15.4 Å². The molecule has 0 bridgehead atoms. The molecule has 0 aromatic carbocycles. The zero-order valence-corrected chi connectivity index (χ0v) is 12.7. The van der Waals surface area contributed by atoms with Crippen molar-refractivity contribution in [2.45, 2.75) is 43.6 Å². The third kappa shape index (κ3) is 4.47. The Morgan fingerprint density at radius 1 is 1.18 bits per heavy atom. The van der Waals surface area contributed by atoms with Crippen molar-refractivity contribution in [3.8, 4) is 0 Å². The van der Waals surface area contributed by atoms with E-state index in [1.807, 2.05) is 20.8 Å². The highest BCUT2D eigenvalue weighted by atomic mass is 35.6. The molecule has 0 aromatic heterocycles. The summed E-state index contributed by atoms with van der Waals surface area (Å²) >= 11 is 17.9. The first-order valence-electron chi connectivity index (χ1n) is 5.84. The molecular weight excluding hydrogens is 282 g/mol. The fraction of sp³-hybridized carbons (Fsp3) is 0.909. The first-order valence-corrected chi connectivity index (χ1v) is 6.98. The van der Waals surface area contributed by atoms with Crippen LogP contribution in [-0.2, 0) is 4.79 Å². The smallest absolute Gasteiger partial charge is 0.262 e. The maximum Gasteiger partial charge on any atom is 0.262 e. The van der Waals surface area contributed by atoms with Crippen LogP contribution in [0.4, 0.5) is 0 Å². The molecule has 3 nitrogen and oxygen atoms in total. The number of carbonyl (C=O) groups excluding carboxylic acids is 1. The van der Waals surface area contributed by atoms with Crippen LogP contribution in [0.5, 0.6) is 0 Å². The van der Waals surface area contributed by atoms with E-state index in [2.05, 4.69) is 5.32 Å². The third-order valence-electron chi connectivity index (χ3n) is 2.94. The van der Waals surface area contributed by atoms with Crippen LogP contribution >= 0.6 is 34.8 Å². The van der Waals surface area contributed by atoms with Gasteiger partial charge in [0.05, 0.1) is 13.1 Å². The highest BCUT2D eigenvalue weighted by molar-refractivity contribution is 6.68. The number of amides is 1. The van der Waals surface area contributed by atoms with Crippen LogP contribution in [0.1, 0.15) is 33.6 Å². The fourth-order valence-corrected chi connectivity index (χ4v) is 2.51. The summed E-state index contributed by atoms with van der Waals surface area (Å²) < 4.78 is -1.47. The molecule has 1 unspecified atom stereocenters. The topological polar surface area (TPSA) is 33.5 Å². The van der Waals surface area contributed by atoms with Crippen molar-refractivity contribution < 1.29 is 9.69 Å². The summed E-state index contributed by atoms with van der Waals surface area (Å²) in [6.07, 6.45) is 1.75. The normalized spacial score (nSPS) is 20.4. The molecule has 0 spiro atoms. The largest absolute Gasteiger partial charge is 0.312 e. The molecule has 0 radical (unpaired) electrons. The average Bonchev–Trinajstić information content (AvgIpc) is 2.62. The number of nitrogens with one attached hydrogen (secondary N) is 2. The molecule has 1 aliphatic rings. The minimum Gasteiger partial charge on any atom is -0.312 e. The summed E-state index contributed by atoms with van der Waals surface area (Å²) in [5.41, 5.74) is -0.479. The van der Waals surface area contributed by atoms with E-state index >= 15 is 0 Å². The van der Waals surface area contributed by atoms with Gasteiger partial charge in [0.1, 0.15) is 0 Å². The summed E-state index contributed by atoms with van der Waals surface area (Å²) in [6.45, 7) is 7.40. The fourth-order valence-electron chi connectivity index (χ4n) is 1.88. The zero-order valence-electron chi connectivity index (χ0n) is 10.4. The molecule has 17 heavy (non-hydrogen) atoms. The zero-order chi connectivity index (χ0) is 13.3. The van der Waals surface area contributed by atoms with Crippen molar-refractivity contribution in [3.05, 3.63) is 0 Å². The van der Waals surface area contributed by atoms with Gasteiger partial charge in [-0.05, 0) is 0 Å². The molecule has 0 aromatic rings. The Labute approximate surface area is 118 Å². The van der Waals surface area contributed by atoms with Crippen LogP contribution in [0, 0.1) is 5.41 Å². The second-order valence-electron chi connectivity index (χ2n) is 5.56. The molecule has 1 heterocycles. The van der Waals surface area contributed by atoms with Crippen LogP contribution in [0.15, 0.2) is 0 Å². The number of hydrogen-bond acceptors (Lipinski definition) is 1. The molecule has 1 saturated heterocycles. The second kappa shape index (κ2) is 5.52. The van der Waals surface area contributed by atoms with Crippen molar-refractivity contribution in [1.82, 2.24) is 5.32 Å². The van der Waals surface area contributed by atoms with Crippen molar-refractivity contribution >= 4 is 40.7 Å². The lowest BCUT2D eigenvalue weighted by Gasteiger charge is -2.32. The standard InChI is InChI=1S/C11H19Cl3N2O/c1-10(2,3)9(17)15-8(11(12,13)14)16-6-4-5-7-16/h8H,4-7H2,1-3H3,(H,15,17)/p+1. The number of hydrogen-bond donors (Lipinski definition) is 2. The number of carbonyl (C=O) groups is 1. The van der Waals surface area contributed by atoms with Gasteiger partial charge in [-0.25, -0.2) is 0 Å². The monoisotopic (exact) mass is 301 g/mol. The molecule has 1 aliphatic heterocycles. The Balaban J connectivity index is 2.74. The van der Waals surface area contributed by atoms with Crippen molar-refractivity contribution in [1.29, 1.82) is 0 Å². The Hall–Kier alpha value is 0.300. The lowest BCUT2D eigenvalue weighted by Crippen LogP contribution is -3.17. The predicted molar refractivity (Wildman–Crippen MR) is 71.6 cm³/mol. The van der Waals surface area contributed by atoms with Gasteiger partial charge in [-0.2, -0.15) is 0 Å². The number of rotatable bonds is 2. The van der Waals surface area contributed by atoms with Crippen LogP contribution < -0.4 is 10.2 Å². The first kappa shape index (κ1) is 15.4. The number of likely N-dealkylation sites (tertiary alicyclic amines) is 1. The van der Waals surface area contributed by atoms with Gasteiger partial charge < -0.3 is 10.2 Å². The number of alkyl halides is 3. The van der Waals surface area contributed by atoms with Crippen LogP contribution in [0.2, 0.25) is 0 Å². The van der Waals surface area contributed by atoms with E-state index in [0.29, 0.717) is 0 Å². The minimum absolute atomic E-state index is 0.0896. The average molecular weight is 303 g/mol. The Kier molecular flexibility index (Phi) is 4.98. The van der Waals surface area contributed by atoms with E-state index in [1.54, 1.807) is 0 Å². The van der Waals surface area contributed by atoms with E-state index in [1.165, 1.54) is 0 Å². The molecule has 100 valence electrons. The molecule has 0 saturated carbocycles. The van der Waals surface area contributed by atoms with Crippen LogP contribution in [0.25, 0.3) is 0 Å². The van der Waals surface area contributed by atoms with Crippen molar-refractivity contribution in [2.75, 3.05) is 13.1 Å². The highest BCUT2D eigenvalue weighted by Crippen LogP contribution is 2.28. The molecule has 2 N–H and O–H groups in total. The molecule has 1 rings (SSSR count). The van der Waals surface area contributed by atoms with E-state index in [0.717, 1.165) is 30.8 Å². The van der Waals surface area contributed by atoms with Crippen LogP contribution in [0.3, 0.4) is 0 Å². The quantitative estimate of drug-likeness (QED) is 0.745. The van der Waals surface area contributed by atoms with Gasteiger partial charge in [-0.15, -0.1) is 0 Å². The van der Waals surface area contributed by atoms with Gasteiger partial charge >= 0.3 is 0 Å². The molecular formula is C11H20Cl3N2O+. The van der Waals surface area contributed by atoms with Gasteiger partial charge in [0, 0.05) is 18.3 Å². The van der Waals surface area contributed by atoms with Gasteiger partial charge in [-0.3, -0.25) is 4.79 Å². The highest BCUT2D eigenvalue weighted by Gasteiger charge is 2.44. The van der Waals surface area contributed by atoms with Gasteiger partial charge in [0.25, 0.3) is 3.79 Å². The van der Waals surface area contributed by atoms with Crippen molar-refractivity contribution in [2.24, 2.45) is 5.41 Å². The minimum atomic E-state index is -1.47. The maximum absolute atomic E-state index is 12.0. The Morgan fingerprint density at radius 3 is 2.00 bits per heavy atom. The SMILES string of the molecule is CC(C)(C)C(=O)NC([NH+]1CCCC1)C(Cl)(Cl)Cl. The molecule has 0 aliphatic carbocycles. The molecule has 1 amide bonds. The number of halogens is 3. The van der Waals surface area contributed by atoms with Gasteiger partial charge in [0.2, 0.25) is 12.1 Å². The summed E-state index contributed by atoms with van der Waals surface area (Å²) in [5.74, 6) is -0.0896. The molecule has 6 heteroatoms. The Morgan fingerprint density at radius 2 is 1.65 bits per heavy atom. The second-order valence-corrected chi connectivity index (χ2v) is 7.93. The first-order chi connectivity index (χ1) is 7.62.